The molecule has 2 rings (SSSR count). The molecule has 0 fully saturated rings. The Balaban J connectivity index is 2.34. The SMILES string of the molecule is CCC(C)(OC)C(=O)Cc1ccnc2ccccc12. The molecule has 0 aliphatic rings. The lowest BCUT2D eigenvalue weighted by molar-refractivity contribution is -0.138. The first kappa shape index (κ1) is 13.7. The highest BCUT2D eigenvalue weighted by molar-refractivity contribution is 5.93. The van der Waals surface area contributed by atoms with Crippen LogP contribution in [0.15, 0.2) is 36.5 Å². The Bertz CT molecular complexity index is 583. The first-order valence-corrected chi connectivity index (χ1v) is 6.52. The van der Waals surface area contributed by atoms with Gasteiger partial charge in [0.2, 0.25) is 0 Å². The molecule has 0 saturated carbocycles. The van der Waals surface area contributed by atoms with Crippen molar-refractivity contribution in [2.24, 2.45) is 0 Å². The van der Waals surface area contributed by atoms with Crippen LogP contribution in [0, 0.1) is 0 Å². The first-order chi connectivity index (χ1) is 9.10. The molecule has 2 aromatic rings. The number of pyridine rings is 1. The van der Waals surface area contributed by atoms with Gasteiger partial charge in [-0.3, -0.25) is 9.78 Å². The summed E-state index contributed by atoms with van der Waals surface area (Å²) < 4.78 is 5.37. The van der Waals surface area contributed by atoms with Gasteiger partial charge in [0.15, 0.2) is 5.78 Å². The van der Waals surface area contributed by atoms with E-state index in [4.69, 9.17) is 4.74 Å². The highest BCUT2D eigenvalue weighted by Gasteiger charge is 2.30. The van der Waals surface area contributed by atoms with Crippen LogP contribution in [-0.4, -0.2) is 23.5 Å². The first-order valence-electron chi connectivity index (χ1n) is 6.52. The van der Waals surface area contributed by atoms with Crippen LogP contribution < -0.4 is 0 Å². The van der Waals surface area contributed by atoms with Crippen LogP contribution in [0.5, 0.6) is 0 Å². The maximum Gasteiger partial charge on any atom is 0.168 e. The number of carbonyl (C=O) groups excluding carboxylic acids is 1. The zero-order valence-corrected chi connectivity index (χ0v) is 11.6. The maximum atomic E-state index is 12.4. The average Bonchev–Trinajstić information content (AvgIpc) is 2.46. The normalized spacial score (nSPS) is 14.3. The summed E-state index contributed by atoms with van der Waals surface area (Å²) in [6, 6.07) is 9.78. The average molecular weight is 257 g/mol. The van der Waals surface area contributed by atoms with Crippen molar-refractivity contribution in [1.29, 1.82) is 0 Å². The number of Topliss-reactive ketones (excluding diaryl/α,β-unsaturated/α-hetero) is 1. The second-order valence-electron chi connectivity index (χ2n) is 4.88. The van der Waals surface area contributed by atoms with Gasteiger partial charge in [-0.2, -0.15) is 0 Å². The molecule has 1 aromatic heterocycles. The van der Waals surface area contributed by atoms with Crippen LogP contribution in [0.4, 0.5) is 0 Å². The topological polar surface area (TPSA) is 39.2 Å². The second kappa shape index (κ2) is 5.49. The maximum absolute atomic E-state index is 12.4. The summed E-state index contributed by atoms with van der Waals surface area (Å²) in [5.74, 6) is 0.105. The Hall–Kier alpha value is -1.74. The molecule has 1 heterocycles. The Labute approximate surface area is 113 Å². The molecule has 100 valence electrons. The third-order valence-corrected chi connectivity index (χ3v) is 3.81. The highest BCUT2D eigenvalue weighted by atomic mass is 16.5. The van der Waals surface area contributed by atoms with Gasteiger partial charge in [-0.1, -0.05) is 25.1 Å². The number of ether oxygens (including phenoxy) is 1. The zero-order chi connectivity index (χ0) is 13.9. The number of hydrogen-bond donors (Lipinski definition) is 0. The van der Waals surface area contributed by atoms with Gasteiger partial charge in [0.25, 0.3) is 0 Å². The number of hydrogen-bond acceptors (Lipinski definition) is 3. The molecule has 0 aliphatic carbocycles. The summed E-state index contributed by atoms with van der Waals surface area (Å²) in [7, 11) is 1.59. The Morgan fingerprint density at radius 1 is 1.32 bits per heavy atom. The number of fused-ring (bicyclic) bond motifs is 1. The van der Waals surface area contributed by atoms with Crippen molar-refractivity contribution in [3.05, 3.63) is 42.1 Å². The van der Waals surface area contributed by atoms with Gasteiger partial charge in [0, 0.05) is 25.1 Å². The van der Waals surface area contributed by atoms with Crippen molar-refractivity contribution in [1.82, 2.24) is 4.98 Å². The molecular weight excluding hydrogens is 238 g/mol. The Morgan fingerprint density at radius 3 is 2.74 bits per heavy atom. The summed E-state index contributed by atoms with van der Waals surface area (Å²) in [6.45, 7) is 3.81. The number of ketones is 1. The Morgan fingerprint density at radius 2 is 2.05 bits per heavy atom. The standard InChI is InChI=1S/C16H19NO2/c1-4-16(2,19-3)15(18)11-12-9-10-17-14-8-6-5-7-13(12)14/h5-10H,4,11H2,1-3H3. The zero-order valence-electron chi connectivity index (χ0n) is 11.6. The summed E-state index contributed by atoms with van der Waals surface area (Å²) in [4.78, 5) is 16.7. The van der Waals surface area contributed by atoms with Crippen LogP contribution >= 0.6 is 0 Å². The van der Waals surface area contributed by atoms with E-state index in [2.05, 4.69) is 4.98 Å². The molecule has 3 nitrogen and oxygen atoms in total. The molecule has 0 N–H and O–H groups in total. The van der Waals surface area contributed by atoms with E-state index in [1.165, 1.54) is 0 Å². The predicted octanol–water partition coefficient (Wildman–Crippen LogP) is 3.16. The van der Waals surface area contributed by atoms with Gasteiger partial charge >= 0.3 is 0 Å². The number of rotatable bonds is 5. The smallest absolute Gasteiger partial charge is 0.168 e. The van der Waals surface area contributed by atoms with E-state index in [0.717, 1.165) is 16.5 Å². The van der Waals surface area contributed by atoms with Crippen LogP contribution in [0.3, 0.4) is 0 Å². The van der Waals surface area contributed by atoms with Gasteiger partial charge in [-0.25, -0.2) is 0 Å². The van der Waals surface area contributed by atoms with Crippen LogP contribution in [0.1, 0.15) is 25.8 Å². The van der Waals surface area contributed by atoms with E-state index in [1.807, 2.05) is 44.2 Å². The van der Waals surface area contributed by atoms with E-state index < -0.39 is 5.60 Å². The van der Waals surface area contributed by atoms with Gasteiger partial charge in [0.05, 0.1) is 5.52 Å². The van der Waals surface area contributed by atoms with E-state index in [9.17, 15) is 4.79 Å². The number of nitrogens with zero attached hydrogens (tertiary/aromatic N) is 1. The number of aromatic nitrogens is 1. The summed E-state index contributed by atoms with van der Waals surface area (Å²) in [5, 5.41) is 1.04. The lowest BCUT2D eigenvalue weighted by Crippen LogP contribution is -2.37. The fraction of sp³-hybridized carbons (Fsp3) is 0.375. The minimum absolute atomic E-state index is 0.105. The number of para-hydroxylation sites is 1. The molecule has 0 radical (unpaired) electrons. The molecule has 0 aliphatic heterocycles. The second-order valence-corrected chi connectivity index (χ2v) is 4.88. The minimum atomic E-state index is -0.704. The van der Waals surface area contributed by atoms with Gasteiger partial charge < -0.3 is 4.74 Å². The number of benzene rings is 1. The van der Waals surface area contributed by atoms with Gasteiger partial charge in [0.1, 0.15) is 5.60 Å². The lowest BCUT2D eigenvalue weighted by atomic mass is 9.91. The highest BCUT2D eigenvalue weighted by Crippen LogP contribution is 2.22. The monoisotopic (exact) mass is 257 g/mol. The van der Waals surface area contributed by atoms with Crippen molar-refractivity contribution in [3.8, 4) is 0 Å². The van der Waals surface area contributed by atoms with Crippen LogP contribution in [-0.2, 0) is 16.0 Å². The van der Waals surface area contributed by atoms with Gasteiger partial charge in [-0.15, -0.1) is 0 Å². The van der Waals surface area contributed by atoms with Crippen molar-refractivity contribution in [2.75, 3.05) is 7.11 Å². The van der Waals surface area contributed by atoms with Crippen LogP contribution in [0.25, 0.3) is 10.9 Å². The minimum Gasteiger partial charge on any atom is -0.371 e. The third kappa shape index (κ3) is 2.66. The molecule has 19 heavy (non-hydrogen) atoms. The fourth-order valence-electron chi connectivity index (χ4n) is 2.12. The molecule has 1 atom stereocenters. The van der Waals surface area contributed by atoms with Gasteiger partial charge in [-0.05, 0) is 31.0 Å². The van der Waals surface area contributed by atoms with Crippen LogP contribution in [0.2, 0.25) is 0 Å². The molecule has 1 unspecified atom stereocenters. The molecular formula is C16H19NO2. The molecule has 0 bridgehead atoms. The molecule has 0 amide bonds. The number of methoxy groups -OCH3 is 1. The summed E-state index contributed by atoms with van der Waals surface area (Å²) >= 11 is 0. The van der Waals surface area contributed by atoms with E-state index in [0.29, 0.717) is 12.8 Å². The Kier molecular flexibility index (Phi) is 3.96. The van der Waals surface area contributed by atoms with E-state index in [1.54, 1.807) is 13.3 Å². The van der Waals surface area contributed by atoms with Crippen molar-refractivity contribution < 1.29 is 9.53 Å². The quantitative estimate of drug-likeness (QED) is 0.826. The molecule has 3 heteroatoms. The third-order valence-electron chi connectivity index (χ3n) is 3.81. The number of carbonyl (C=O) groups is 1. The molecule has 0 spiro atoms. The predicted molar refractivity (Wildman–Crippen MR) is 76.2 cm³/mol. The van der Waals surface area contributed by atoms with E-state index >= 15 is 0 Å². The van der Waals surface area contributed by atoms with Crippen molar-refractivity contribution in [2.45, 2.75) is 32.3 Å². The van der Waals surface area contributed by atoms with Crippen molar-refractivity contribution >= 4 is 16.7 Å². The largest absolute Gasteiger partial charge is 0.371 e. The van der Waals surface area contributed by atoms with Crippen molar-refractivity contribution in [3.63, 3.8) is 0 Å². The molecule has 1 aromatic carbocycles. The molecule has 0 saturated heterocycles. The summed E-state index contributed by atoms with van der Waals surface area (Å²) in [5.41, 5.74) is 1.22. The fourth-order valence-corrected chi connectivity index (χ4v) is 2.12. The lowest BCUT2D eigenvalue weighted by Gasteiger charge is -2.25. The van der Waals surface area contributed by atoms with E-state index in [-0.39, 0.29) is 5.78 Å². The summed E-state index contributed by atoms with van der Waals surface area (Å²) in [6.07, 6.45) is 2.80.